The number of methoxy groups -OCH3 is 1. The fourth-order valence-electron chi connectivity index (χ4n) is 4.31. The van der Waals surface area contributed by atoms with Crippen LogP contribution in [0.4, 0.5) is 0 Å². The summed E-state index contributed by atoms with van der Waals surface area (Å²) in [7, 11) is 5.76. The first-order valence-electron chi connectivity index (χ1n) is 9.09. The van der Waals surface area contributed by atoms with E-state index in [0.717, 1.165) is 29.5 Å². The number of piperidine rings is 1. The first kappa shape index (κ1) is 19.2. The number of carboxylic acid groups (broad SMARTS) is 1. The molecule has 0 saturated carbocycles. The van der Waals surface area contributed by atoms with Gasteiger partial charge in [0, 0.05) is 30.6 Å². The van der Waals surface area contributed by atoms with E-state index in [9.17, 15) is 4.79 Å². The number of amides is 1. The van der Waals surface area contributed by atoms with Crippen molar-refractivity contribution in [2.24, 2.45) is 0 Å². The molecule has 2 fully saturated rings. The summed E-state index contributed by atoms with van der Waals surface area (Å²) in [5.74, 6) is 0.724. The van der Waals surface area contributed by atoms with E-state index in [0.29, 0.717) is 23.8 Å². The summed E-state index contributed by atoms with van der Waals surface area (Å²) in [6, 6.07) is 7.16. The van der Waals surface area contributed by atoms with Crippen LogP contribution in [-0.2, 0) is 4.79 Å². The van der Waals surface area contributed by atoms with Crippen LogP contribution in [0.2, 0.25) is 0 Å². The van der Waals surface area contributed by atoms with Crippen molar-refractivity contribution in [2.45, 2.75) is 43.8 Å². The number of nitrogens with zero attached hydrogens (tertiary/aromatic N) is 3. The van der Waals surface area contributed by atoms with E-state index >= 15 is 0 Å². The minimum atomic E-state index is -0.250. The zero-order chi connectivity index (χ0) is 19.6. The third-order valence-electron chi connectivity index (χ3n) is 5.91. The number of ether oxygens (including phenoxy) is 1. The average Bonchev–Trinajstić information content (AvgIpc) is 3.16. The molecule has 2 aliphatic rings. The number of carbonyl (C=O) groups is 2. The van der Waals surface area contributed by atoms with Crippen LogP contribution in [0.15, 0.2) is 18.2 Å². The van der Waals surface area contributed by atoms with E-state index in [2.05, 4.69) is 22.1 Å². The van der Waals surface area contributed by atoms with Gasteiger partial charge in [-0.1, -0.05) is 0 Å². The van der Waals surface area contributed by atoms with Crippen LogP contribution in [0.1, 0.15) is 36.2 Å². The van der Waals surface area contributed by atoms with Crippen LogP contribution in [0, 0.1) is 0 Å². The van der Waals surface area contributed by atoms with Crippen LogP contribution < -0.4 is 4.74 Å². The van der Waals surface area contributed by atoms with Gasteiger partial charge in [0.25, 0.3) is 12.4 Å². The van der Waals surface area contributed by atoms with Crippen molar-refractivity contribution in [3.63, 3.8) is 0 Å². The molecule has 2 saturated heterocycles. The van der Waals surface area contributed by atoms with Crippen molar-refractivity contribution >= 4 is 23.3 Å². The first-order valence-corrected chi connectivity index (χ1v) is 9.09. The van der Waals surface area contributed by atoms with Crippen LogP contribution in [-0.4, -0.2) is 76.8 Å². The van der Waals surface area contributed by atoms with Crippen molar-refractivity contribution in [1.29, 1.82) is 0 Å². The second-order valence-electron chi connectivity index (χ2n) is 7.18. The highest BCUT2D eigenvalue weighted by Gasteiger charge is 2.41. The van der Waals surface area contributed by atoms with Gasteiger partial charge in [-0.25, -0.2) is 0 Å². The highest BCUT2D eigenvalue weighted by Crippen LogP contribution is 2.36. The molecule has 2 atom stereocenters. The molecule has 2 unspecified atom stereocenters. The lowest BCUT2D eigenvalue weighted by Gasteiger charge is -2.40. The summed E-state index contributed by atoms with van der Waals surface area (Å²) in [6.07, 6.45) is 4.62. The Morgan fingerprint density at radius 3 is 2.59 bits per heavy atom. The Morgan fingerprint density at radius 1 is 1.37 bits per heavy atom. The smallest absolute Gasteiger partial charge is 0.290 e. The van der Waals surface area contributed by atoms with E-state index in [1.807, 2.05) is 30.1 Å². The number of rotatable bonds is 3. The fourth-order valence-corrected chi connectivity index (χ4v) is 4.31. The molecule has 2 N–H and O–H groups in total. The predicted octanol–water partition coefficient (Wildman–Crippen LogP) is 1.97. The van der Waals surface area contributed by atoms with Gasteiger partial charge in [0.15, 0.2) is 5.69 Å². The average molecular weight is 374 g/mol. The van der Waals surface area contributed by atoms with E-state index in [1.165, 1.54) is 12.8 Å². The molecule has 4 rings (SSSR count). The Hall–Kier alpha value is -2.61. The first-order chi connectivity index (χ1) is 13.0. The minimum Gasteiger partial charge on any atom is -0.497 e. The Morgan fingerprint density at radius 2 is 2.00 bits per heavy atom. The second-order valence-corrected chi connectivity index (χ2v) is 7.18. The predicted molar refractivity (Wildman–Crippen MR) is 101 cm³/mol. The molecule has 146 valence electrons. The summed E-state index contributed by atoms with van der Waals surface area (Å²) in [5, 5.41) is 14.9. The standard InChI is InChI=1S/C18H24N4O2.CH2O2/c1-21-11-4-5-12(21)9-13(8-11)22(2)18(23)17-15-10-14(24-3)6-7-16(15)19-20-17;2-1-3/h6-7,10-13H,4-5,8-9H2,1-3H3,(H,19,20);1H,(H,2,3). The molecule has 1 aromatic heterocycles. The van der Waals surface area contributed by atoms with Crippen LogP contribution in [0.25, 0.3) is 10.9 Å². The maximum Gasteiger partial charge on any atom is 0.290 e. The monoisotopic (exact) mass is 374 g/mol. The molecule has 8 heteroatoms. The Labute approximate surface area is 158 Å². The minimum absolute atomic E-state index is 0.0107. The zero-order valence-electron chi connectivity index (χ0n) is 15.9. The van der Waals surface area contributed by atoms with Gasteiger partial charge in [0.1, 0.15) is 5.75 Å². The van der Waals surface area contributed by atoms with Crippen LogP contribution >= 0.6 is 0 Å². The summed E-state index contributed by atoms with van der Waals surface area (Å²) in [6.45, 7) is -0.250. The number of H-pyrrole nitrogens is 1. The van der Waals surface area contributed by atoms with E-state index < -0.39 is 0 Å². The van der Waals surface area contributed by atoms with Crippen molar-refractivity contribution < 1.29 is 19.4 Å². The number of carbonyl (C=O) groups excluding carboxylic acids is 1. The largest absolute Gasteiger partial charge is 0.497 e. The second kappa shape index (κ2) is 7.96. The molecule has 27 heavy (non-hydrogen) atoms. The highest BCUT2D eigenvalue weighted by atomic mass is 16.5. The SMILES string of the molecule is COc1ccc2[nH]nc(C(=O)N(C)C3CC4CCC(C3)N4C)c2c1.O=CO. The van der Waals surface area contributed by atoms with E-state index in [1.54, 1.807) is 7.11 Å². The molecule has 2 aromatic rings. The highest BCUT2D eigenvalue weighted by molar-refractivity contribution is 6.05. The number of hydrogen-bond donors (Lipinski definition) is 2. The summed E-state index contributed by atoms with van der Waals surface area (Å²) < 4.78 is 5.28. The van der Waals surface area contributed by atoms with Crippen molar-refractivity contribution in [2.75, 3.05) is 21.2 Å². The molecule has 0 aliphatic carbocycles. The molecule has 0 spiro atoms. The van der Waals surface area contributed by atoms with Gasteiger partial charge in [-0.05, 0) is 50.9 Å². The molecule has 1 aromatic carbocycles. The van der Waals surface area contributed by atoms with Crippen LogP contribution in [0.3, 0.4) is 0 Å². The zero-order valence-corrected chi connectivity index (χ0v) is 15.9. The summed E-state index contributed by atoms with van der Waals surface area (Å²) in [5.41, 5.74) is 1.34. The number of nitrogens with one attached hydrogen (secondary N) is 1. The van der Waals surface area contributed by atoms with Gasteiger partial charge in [-0.2, -0.15) is 5.10 Å². The Bertz CT molecular complexity index is 807. The third-order valence-corrected chi connectivity index (χ3v) is 5.91. The fraction of sp³-hybridized carbons (Fsp3) is 0.526. The molecule has 8 nitrogen and oxygen atoms in total. The van der Waals surface area contributed by atoms with Gasteiger partial charge >= 0.3 is 0 Å². The van der Waals surface area contributed by atoms with Crippen molar-refractivity contribution in [3.05, 3.63) is 23.9 Å². The normalized spacial score (nSPS) is 24.2. The lowest BCUT2D eigenvalue weighted by molar-refractivity contribution is -0.122. The molecule has 3 heterocycles. The maximum atomic E-state index is 13.0. The molecule has 0 radical (unpaired) electrons. The number of hydrogen-bond acceptors (Lipinski definition) is 5. The number of aromatic amines is 1. The van der Waals surface area contributed by atoms with E-state index in [-0.39, 0.29) is 12.4 Å². The lowest BCUT2D eigenvalue weighted by atomic mass is 9.96. The van der Waals surface area contributed by atoms with Gasteiger partial charge in [0.2, 0.25) is 0 Å². The molecule has 2 bridgehead atoms. The third kappa shape index (κ3) is 3.62. The van der Waals surface area contributed by atoms with Gasteiger partial charge < -0.3 is 19.6 Å². The topological polar surface area (TPSA) is 98.8 Å². The van der Waals surface area contributed by atoms with Crippen molar-refractivity contribution in [1.82, 2.24) is 20.0 Å². The van der Waals surface area contributed by atoms with Gasteiger partial charge in [-0.3, -0.25) is 14.7 Å². The van der Waals surface area contributed by atoms with E-state index in [4.69, 9.17) is 14.6 Å². The number of fused-ring (bicyclic) bond motifs is 3. The van der Waals surface area contributed by atoms with Gasteiger partial charge in [0.05, 0.1) is 12.6 Å². The molecule has 1 amide bonds. The quantitative estimate of drug-likeness (QED) is 0.797. The van der Waals surface area contributed by atoms with Crippen molar-refractivity contribution in [3.8, 4) is 5.75 Å². The maximum absolute atomic E-state index is 13.0. The number of aromatic nitrogens is 2. The van der Waals surface area contributed by atoms with Crippen LogP contribution in [0.5, 0.6) is 5.75 Å². The molecule has 2 aliphatic heterocycles. The molecular formula is C19H26N4O4. The Balaban J connectivity index is 0.000000659. The number of benzene rings is 1. The molecular weight excluding hydrogens is 348 g/mol. The lowest BCUT2D eigenvalue weighted by Crippen LogP contribution is -2.49. The summed E-state index contributed by atoms with van der Waals surface area (Å²) >= 11 is 0. The van der Waals surface area contributed by atoms with Gasteiger partial charge in [-0.15, -0.1) is 0 Å². The summed E-state index contributed by atoms with van der Waals surface area (Å²) in [4.78, 5) is 25.8. The Kier molecular flexibility index (Phi) is 5.65.